The summed E-state index contributed by atoms with van der Waals surface area (Å²) in [5.74, 6) is -0.128. The Labute approximate surface area is 346 Å². The zero-order chi connectivity index (χ0) is 42.2. The van der Waals surface area contributed by atoms with E-state index in [4.69, 9.17) is 14.5 Å². The number of benzene rings is 1. The van der Waals surface area contributed by atoms with Crippen molar-refractivity contribution in [3.63, 3.8) is 0 Å². The Morgan fingerprint density at radius 1 is 1.05 bits per heavy atom. The number of hydrogen-bond acceptors (Lipinski definition) is 10. The van der Waals surface area contributed by atoms with Crippen molar-refractivity contribution in [3.05, 3.63) is 36.4 Å². The van der Waals surface area contributed by atoms with E-state index in [-0.39, 0.29) is 37.3 Å². The third-order valence-corrected chi connectivity index (χ3v) is 16.2. The van der Waals surface area contributed by atoms with Crippen LogP contribution < -0.4 is 24.4 Å². The Kier molecular flexibility index (Phi) is 10.6. The second kappa shape index (κ2) is 15.1. The van der Waals surface area contributed by atoms with Gasteiger partial charge in [0.05, 0.1) is 18.4 Å². The molecule has 1 aromatic carbocycles. The van der Waals surface area contributed by atoms with Gasteiger partial charge < -0.3 is 29.7 Å². The average molecular weight is 835 g/mol. The molecule has 10 atom stereocenters. The molecular formula is C43H58N6O9S. The number of pyridine rings is 1. The van der Waals surface area contributed by atoms with Gasteiger partial charge in [-0.3, -0.25) is 24.0 Å². The fraction of sp³-hybridized carbons (Fsp3) is 0.651. The predicted molar refractivity (Wildman–Crippen MR) is 220 cm³/mol. The summed E-state index contributed by atoms with van der Waals surface area (Å²) in [6.07, 6.45) is 7.53. The van der Waals surface area contributed by atoms with E-state index in [9.17, 15) is 27.9 Å². The van der Waals surface area contributed by atoms with E-state index < -0.39 is 68.2 Å². The molecule has 4 aliphatic carbocycles. The highest BCUT2D eigenvalue weighted by Gasteiger charge is 2.63. The summed E-state index contributed by atoms with van der Waals surface area (Å²) < 4.78 is 40.0. The molecule has 2 aliphatic heterocycles. The molecule has 6 aliphatic rings. The minimum atomic E-state index is -4.02. The maximum absolute atomic E-state index is 15.3. The molecule has 4 saturated carbocycles. The van der Waals surface area contributed by atoms with Gasteiger partial charge in [0, 0.05) is 37.9 Å². The molecule has 2 unspecified atom stereocenters. The highest BCUT2D eigenvalue weighted by atomic mass is 32.2. The first-order valence-electron chi connectivity index (χ1n) is 21.1. The standard InChI is InChI=1S/C43H58N6O9S/c1-24-9-7-8-10-29-22-43(29,40(52)46-59(55,56)42(3)13-14-42)45-37(50)34-21-32(58-38-33-12-11-31(57-6)19-28(33)20-35(44-38)47(4)5)23-48(34)39(51)36(25(2)15-24)49(41(53)54)30-17-26-16-27(26)18-30/h8,10-12,19-20,24-27,29-30,32,34,36H,7,9,13-18,21-23H2,1-6H3,(H,45,50)(H,46,52)(H,53,54)/b10-8-/t24-,25-,26+,27?,29-,30?,32-,34+,36+,43-/m1/s1. The molecule has 1 aromatic heterocycles. The number of fused-ring (bicyclic) bond motifs is 4. The quantitative estimate of drug-likeness (QED) is 0.298. The molecule has 2 aromatic rings. The monoisotopic (exact) mass is 834 g/mol. The number of nitrogens with one attached hydrogen (secondary N) is 2. The summed E-state index contributed by atoms with van der Waals surface area (Å²) in [4.78, 5) is 67.0. The Morgan fingerprint density at radius 3 is 2.44 bits per heavy atom. The zero-order valence-corrected chi connectivity index (χ0v) is 35.7. The first-order valence-corrected chi connectivity index (χ1v) is 22.6. The summed E-state index contributed by atoms with van der Waals surface area (Å²) in [5, 5.41) is 15.3. The average Bonchev–Trinajstić information content (AvgIpc) is 4.14. The molecule has 59 heavy (non-hydrogen) atoms. The highest BCUT2D eigenvalue weighted by Crippen LogP contribution is 2.54. The van der Waals surface area contributed by atoms with Crippen LogP contribution in [0.5, 0.6) is 11.6 Å². The number of hydrogen-bond donors (Lipinski definition) is 3. The normalized spacial score (nSPS) is 34.2. The van der Waals surface area contributed by atoms with Crippen LogP contribution in [-0.2, 0) is 24.4 Å². The van der Waals surface area contributed by atoms with Gasteiger partial charge in [-0.2, -0.15) is 4.98 Å². The Morgan fingerprint density at radius 2 is 1.78 bits per heavy atom. The fourth-order valence-electron chi connectivity index (χ4n) is 9.98. The van der Waals surface area contributed by atoms with Crippen LogP contribution in [0.1, 0.15) is 85.0 Å². The first kappa shape index (κ1) is 41.1. The van der Waals surface area contributed by atoms with Gasteiger partial charge in [-0.1, -0.05) is 26.0 Å². The van der Waals surface area contributed by atoms with Crippen molar-refractivity contribution in [2.75, 3.05) is 32.6 Å². The molecule has 3 heterocycles. The molecular weight excluding hydrogens is 777 g/mol. The molecule has 0 spiro atoms. The van der Waals surface area contributed by atoms with Crippen molar-refractivity contribution in [1.82, 2.24) is 24.8 Å². The topological polar surface area (TPSA) is 188 Å². The van der Waals surface area contributed by atoms with Gasteiger partial charge in [0.2, 0.25) is 27.7 Å². The summed E-state index contributed by atoms with van der Waals surface area (Å²) in [5.41, 5.74) is -1.55. The lowest BCUT2D eigenvalue weighted by Crippen LogP contribution is -2.61. The van der Waals surface area contributed by atoms with Crippen molar-refractivity contribution in [2.24, 2.45) is 29.6 Å². The van der Waals surface area contributed by atoms with E-state index in [0.717, 1.165) is 18.2 Å². The van der Waals surface area contributed by atoms with E-state index >= 15 is 4.79 Å². The lowest BCUT2D eigenvalue weighted by atomic mass is 9.86. The molecule has 4 amide bonds. The Hall–Kier alpha value is -4.60. The number of anilines is 1. The fourth-order valence-corrected chi connectivity index (χ4v) is 11.3. The van der Waals surface area contributed by atoms with E-state index in [0.29, 0.717) is 73.2 Å². The minimum Gasteiger partial charge on any atom is -0.497 e. The number of aromatic nitrogens is 1. The lowest BCUT2D eigenvalue weighted by Gasteiger charge is -2.40. The summed E-state index contributed by atoms with van der Waals surface area (Å²) in [7, 11) is 1.29. The molecule has 8 rings (SSSR count). The van der Waals surface area contributed by atoms with Crippen molar-refractivity contribution < 1.29 is 42.2 Å². The highest BCUT2D eigenvalue weighted by molar-refractivity contribution is 7.91. The summed E-state index contributed by atoms with van der Waals surface area (Å²) in [6.45, 7) is 5.59. The second-order valence-corrected chi connectivity index (χ2v) is 20.9. The smallest absolute Gasteiger partial charge is 0.408 e. The third-order valence-electron chi connectivity index (χ3n) is 14.1. The van der Waals surface area contributed by atoms with E-state index in [1.165, 1.54) is 9.80 Å². The van der Waals surface area contributed by atoms with Gasteiger partial charge in [-0.25, -0.2) is 13.2 Å². The maximum atomic E-state index is 15.3. The number of sulfonamides is 1. The van der Waals surface area contributed by atoms with Crippen molar-refractivity contribution in [3.8, 4) is 11.6 Å². The number of carbonyl (C=O) groups is 4. The van der Waals surface area contributed by atoms with Gasteiger partial charge in [0.1, 0.15) is 35.3 Å². The van der Waals surface area contributed by atoms with Gasteiger partial charge >= 0.3 is 6.09 Å². The van der Waals surface area contributed by atoms with Gasteiger partial charge in [-0.05, 0) is 118 Å². The number of carboxylic acid groups (broad SMARTS) is 1. The minimum absolute atomic E-state index is 0.0236. The largest absolute Gasteiger partial charge is 0.497 e. The van der Waals surface area contributed by atoms with E-state index in [2.05, 4.69) is 17.0 Å². The maximum Gasteiger partial charge on any atom is 0.408 e. The number of nitrogens with zero attached hydrogens (tertiary/aromatic N) is 4. The second-order valence-electron chi connectivity index (χ2n) is 18.7. The number of allylic oxidation sites excluding steroid dienone is 1. The third kappa shape index (κ3) is 7.81. The van der Waals surface area contributed by atoms with Crippen LogP contribution in [0, 0.1) is 29.6 Å². The summed E-state index contributed by atoms with van der Waals surface area (Å²) >= 11 is 0. The van der Waals surface area contributed by atoms with Gasteiger partial charge in [0.15, 0.2) is 0 Å². The summed E-state index contributed by atoms with van der Waals surface area (Å²) in [6, 6.07) is 4.90. The molecule has 0 bridgehead atoms. The van der Waals surface area contributed by atoms with Gasteiger partial charge in [-0.15, -0.1) is 0 Å². The van der Waals surface area contributed by atoms with Crippen LogP contribution in [0.3, 0.4) is 0 Å². The number of amides is 4. The lowest BCUT2D eigenvalue weighted by molar-refractivity contribution is -0.145. The van der Waals surface area contributed by atoms with Crippen LogP contribution >= 0.6 is 0 Å². The van der Waals surface area contributed by atoms with Crippen molar-refractivity contribution in [2.45, 2.75) is 119 Å². The van der Waals surface area contributed by atoms with Crippen LogP contribution in [0.2, 0.25) is 0 Å². The van der Waals surface area contributed by atoms with Gasteiger partial charge in [0.25, 0.3) is 5.91 Å². The number of carbonyl (C=O) groups excluding carboxylic acids is 3. The van der Waals surface area contributed by atoms with Crippen molar-refractivity contribution in [1.29, 1.82) is 0 Å². The Balaban J connectivity index is 1.17. The molecule has 16 heteroatoms. The van der Waals surface area contributed by atoms with Crippen LogP contribution in [-0.4, -0.2) is 114 Å². The SMILES string of the molecule is COc1ccc2c(O[C@@H]3C[C@H]4C(=O)N[C@]5(C(=O)NS(=O)(=O)C6(C)CC6)C[C@H]5/C=C\CC[C@@H](C)C[C@@H](C)[C@H](N(C(=O)O)C5CC6C[C@H]6C5)C(=O)N4C3)nc(N(C)C)cc2c1. The molecule has 320 valence electrons. The van der Waals surface area contributed by atoms with Crippen LogP contribution in [0.4, 0.5) is 10.6 Å². The zero-order valence-electron chi connectivity index (χ0n) is 34.8. The van der Waals surface area contributed by atoms with E-state index in [1.54, 1.807) is 20.1 Å². The van der Waals surface area contributed by atoms with Crippen LogP contribution in [0.25, 0.3) is 10.8 Å². The van der Waals surface area contributed by atoms with Crippen LogP contribution in [0.15, 0.2) is 36.4 Å². The molecule has 0 radical (unpaired) electrons. The number of rotatable bonds is 9. The predicted octanol–water partition coefficient (Wildman–Crippen LogP) is 4.69. The van der Waals surface area contributed by atoms with Crippen molar-refractivity contribution >= 4 is 50.4 Å². The molecule has 3 N–H and O–H groups in total. The van der Waals surface area contributed by atoms with E-state index in [1.807, 2.05) is 56.3 Å². The molecule has 15 nitrogen and oxygen atoms in total. The number of methoxy groups -OCH3 is 1. The molecule has 5 fully saturated rings. The first-order chi connectivity index (χ1) is 27.9. The number of ether oxygens (including phenoxy) is 2. The molecule has 1 saturated heterocycles. The Bertz CT molecular complexity index is 2170.